The molecule has 0 saturated heterocycles. The Labute approximate surface area is 114 Å². The molecule has 0 saturated carbocycles. The lowest BCUT2D eigenvalue weighted by Crippen LogP contribution is -2.07. The van der Waals surface area contributed by atoms with Crippen LogP contribution in [0.5, 0.6) is 0 Å². The highest BCUT2D eigenvalue weighted by atomic mass is 16.6. The Balaban J connectivity index is 2.59. The Morgan fingerprint density at radius 3 is 2.70 bits per heavy atom. The third-order valence-electron chi connectivity index (χ3n) is 2.87. The first-order valence-electron chi connectivity index (χ1n) is 5.97. The molecule has 0 fully saturated rings. The molecular weight excluding hydrogens is 262 g/mol. The molecule has 0 radical (unpaired) electrons. The van der Waals surface area contributed by atoms with Crippen LogP contribution in [0.1, 0.15) is 35.9 Å². The number of nitrogens with zero attached hydrogens (tertiary/aromatic N) is 3. The number of carboxylic acid groups (broad SMARTS) is 1. The first-order chi connectivity index (χ1) is 9.41. The SMILES string of the molecule is CC(C)c1nccn1-c1ccc([N+](=O)[O-])c(C(=O)O)c1. The second kappa shape index (κ2) is 5.12. The minimum absolute atomic E-state index is 0.147. The van der Waals surface area contributed by atoms with E-state index in [1.807, 2.05) is 13.8 Å². The van der Waals surface area contributed by atoms with E-state index in [0.29, 0.717) is 5.69 Å². The zero-order chi connectivity index (χ0) is 14.9. The van der Waals surface area contributed by atoms with Crippen LogP contribution in [0.2, 0.25) is 0 Å². The zero-order valence-electron chi connectivity index (χ0n) is 11.0. The van der Waals surface area contributed by atoms with Gasteiger partial charge < -0.3 is 9.67 Å². The van der Waals surface area contributed by atoms with Crippen LogP contribution in [0.4, 0.5) is 5.69 Å². The van der Waals surface area contributed by atoms with Crippen molar-refractivity contribution < 1.29 is 14.8 Å². The van der Waals surface area contributed by atoms with Gasteiger partial charge in [0, 0.05) is 30.1 Å². The van der Waals surface area contributed by atoms with Gasteiger partial charge in [-0.2, -0.15) is 0 Å². The molecule has 0 aliphatic rings. The van der Waals surface area contributed by atoms with Crippen molar-refractivity contribution in [1.29, 1.82) is 0 Å². The molecule has 0 bridgehead atoms. The number of imidazole rings is 1. The van der Waals surface area contributed by atoms with Gasteiger partial charge in [0.2, 0.25) is 0 Å². The van der Waals surface area contributed by atoms with Gasteiger partial charge in [-0.25, -0.2) is 9.78 Å². The number of benzene rings is 1. The highest BCUT2D eigenvalue weighted by Crippen LogP contribution is 2.24. The van der Waals surface area contributed by atoms with Crippen molar-refractivity contribution in [3.63, 3.8) is 0 Å². The predicted octanol–water partition coefficient (Wildman–Crippen LogP) is 2.60. The second-order valence-corrected chi connectivity index (χ2v) is 4.57. The molecule has 1 aromatic carbocycles. The van der Waals surface area contributed by atoms with E-state index >= 15 is 0 Å². The first kappa shape index (κ1) is 13.7. The topological polar surface area (TPSA) is 98.3 Å². The molecule has 1 aromatic heterocycles. The number of aromatic nitrogens is 2. The maximum absolute atomic E-state index is 11.1. The molecule has 0 amide bonds. The fourth-order valence-corrected chi connectivity index (χ4v) is 1.96. The monoisotopic (exact) mass is 275 g/mol. The molecule has 1 N–H and O–H groups in total. The molecule has 1 heterocycles. The smallest absolute Gasteiger partial charge is 0.342 e. The van der Waals surface area contributed by atoms with Gasteiger partial charge in [-0.3, -0.25) is 10.1 Å². The lowest BCUT2D eigenvalue weighted by molar-refractivity contribution is -0.385. The van der Waals surface area contributed by atoms with Gasteiger partial charge in [-0.15, -0.1) is 0 Å². The number of hydrogen-bond acceptors (Lipinski definition) is 4. The van der Waals surface area contributed by atoms with E-state index in [-0.39, 0.29) is 11.5 Å². The fourth-order valence-electron chi connectivity index (χ4n) is 1.96. The Morgan fingerprint density at radius 2 is 2.15 bits per heavy atom. The highest BCUT2D eigenvalue weighted by molar-refractivity contribution is 5.93. The standard InChI is InChI=1S/C13H13N3O4/c1-8(2)12-14-5-6-15(12)9-3-4-11(16(19)20)10(7-9)13(17)18/h3-8H,1-2H3,(H,17,18). The van der Waals surface area contributed by atoms with Gasteiger partial charge in [0.05, 0.1) is 4.92 Å². The van der Waals surface area contributed by atoms with E-state index in [1.165, 1.54) is 18.2 Å². The average molecular weight is 275 g/mol. The fraction of sp³-hybridized carbons (Fsp3) is 0.231. The van der Waals surface area contributed by atoms with Crippen LogP contribution in [0, 0.1) is 10.1 Å². The van der Waals surface area contributed by atoms with Crippen molar-refractivity contribution in [3.8, 4) is 5.69 Å². The van der Waals surface area contributed by atoms with Crippen LogP contribution >= 0.6 is 0 Å². The molecule has 7 heteroatoms. The summed E-state index contributed by atoms with van der Waals surface area (Å²) in [6.07, 6.45) is 3.30. The number of nitro groups is 1. The average Bonchev–Trinajstić information content (AvgIpc) is 2.87. The van der Waals surface area contributed by atoms with Gasteiger partial charge in [0.15, 0.2) is 0 Å². The number of hydrogen-bond donors (Lipinski definition) is 1. The number of carboxylic acids is 1. The van der Waals surface area contributed by atoms with Crippen LogP contribution in [0.25, 0.3) is 5.69 Å². The van der Waals surface area contributed by atoms with Gasteiger partial charge in [0.1, 0.15) is 11.4 Å². The van der Waals surface area contributed by atoms with Crippen LogP contribution in [0.15, 0.2) is 30.6 Å². The minimum Gasteiger partial charge on any atom is -0.477 e. The van der Waals surface area contributed by atoms with Gasteiger partial charge in [-0.1, -0.05) is 13.8 Å². The Bertz CT molecular complexity index is 676. The normalized spacial score (nSPS) is 10.8. The summed E-state index contributed by atoms with van der Waals surface area (Å²) in [5, 5.41) is 19.9. The molecule has 0 atom stereocenters. The summed E-state index contributed by atoms with van der Waals surface area (Å²) < 4.78 is 1.72. The summed E-state index contributed by atoms with van der Waals surface area (Å²) >= 11 is 0. The predicted molar refractivity (Wildman–Crippen MR) is 71.3 cm³/mol. The highest BCUT2D eigenvalue weighted by Gasteiger charge is 2.21. The van der Waals surface area contributed by atoms with E-state index < -0.39 is 16.6 Å². The first-order valence-corrected chi connectivity index (χ1v) is 5.97. The molecule has 104 valence electrons. The molecule has 2 aromatic rings. The number of aromatic carboxylic acids is 1. The largest absolute Gasteiger partial charge is 0.477 e. The lowest BCUT2D eigenvalue weighted by atomic mass is 10.1. The number of rotatable bonds is 4. The van der Waals surface area contributed by atoms with Crippen LogP contribution in [0.3, 0.4) is 0 Å². The molecule has 0 unspecified atom stereocenters. The van der Waals surface area contributed by atoms with Gasteiger partial charge >= 0.3 is 5.97 Å². The molecular formula is C13H13N3O4. The van der Waals surface area contributed by atoms with Crippen molar-refractivity contribution in [2.75, 3.05) is 0 Å². The third kappa shape index (κ3) is 2.37. The third-order valence-corrected chi connectivity index (χ3v) is 2.87. The molecule has 0 aliphatic carbocycles. The summed E-state index contributed by atoms with van der Waals surface area (Å²) in [6.45, 7) is 3.92. The maximum Gasteiger partial charge on any atom is 0.342 e. The number of carbonyl (C=O) groups is 1. The molecule has 2 rings (SSSR count). The van der Waals surface area contributed by atoms with E-state index in [0.717, 1.165) is 5.82 Å². The Kier molecular flexibility index (Phi) is 3.51. The van der Waals surface area contributed by atoms with E-state index in [9.17, 15) is 14.9 Å². The summed E-state index contributed by atoms with van der Waals surface area (Å²) in [4.78, 5) is 25.5. The van der Waals surface area contributed by atoms with E-state index in [4.69, 9.17) is 5.11 Å². The van der Waals surface area contributed by atoms with Crippen molar-refractivity contribution in [2.24, 2.45) is 0 Å². The summed E-state index contributed by atoms with van der Waals surface area (Å²) in [7, 11) is 0. The lowest BCUT2D eigenvalue weighted by Gasteiger charge is -2.11. The van der Waals surface area contributed by atoms with Gasteiger partial charge in [-0.05, 0) is 12.1 Å². The Morgan fingerprint density at radius 1 is 1.45 bits per heavy atom. The quantitative estimate of drug-likeness (QED) is 0.683. The van der Waals surface area contributed by atoms with Gasteiger partial charge in [0.25, 0.3) is 5.69 Å². The number of nitro benzene ring substituents is 1. The molecule has 0 aliphatic heterocycles. The molecule has 20 heavy (non-hydrogen) atoms. The van der Waals surface area contributed by atoms with Crippen molar-refractivity contribution >= 4 is 11.7 Å². The van der Waals surface area contributed by atoms with Crippen LogP contribution in [-0.2, 0) is 0 Å². The van der Waals surface area contributed by atoms with Crippen LogP contribution in [-0.4, -0.2) is 25.6 Å². The van der Waals surface area contributed by atoms with E-state index in [1.54, 1.807) is 17.0 Å². The molecule has 7 nitrogen and oxygen atoms in total. The molecule has 0 spiro atoms. The summed E-state index contributed by atoms with van der Waals surface area (Å²) in [5.41, 5.74) is -0.224. The minimum atomic E-state index is -1.33. The summed E-state index contributed by atoms with van der Waals surface area (Å²) in [6, 6.07) is 4.00. The maximum atomic E-state index is 11.1. The van der Waals surface area contributed by atoms with Crippen molar-refractivity contribution in [1.82, 2.24) is 9.55 Å². The second-order valence-electron chi connectivity index (χ2n) is 4.57. The van der Waals surface area contributed by atoms with Crippen molar-refractivity contribution in [3.05, 3.63) is 52.1 Å². The Hall–Kier alpha value is -2.70. The van der Waals surface area contributed by atoms with E-state index in [2.05, 4.69) is 4.98 Å². The van der Waals surface area contributed by atoms with Crippen LogP contribution < -0.4 is 0 Å². The summed E-state index contributed by atoms with van der Waals surface area (Å²) in [5.74, 6) is -0.423. The zero-order valence-corrected chi connectivity index (χ0v) is 11.0. The van der Waals surface area contributed by atoms with Crippen molar-refractivity contribution in [2.45, 2.75) is 19.8 Å².